The van der Waals surface area contributed by atoms with E-state index in [9.17, 15) is 4.79 Å². The molecular weight excluding hydrogens is 350 g/mol. The van der Waals surface area contributed by atoms with Crippen LogP contribution in [0.3, 0.4) is 0 Å². The molecule has 1 N–H and O–H groups in total. The molecule has 0 aliphatic carbocycles. The van der Waals surface area contributed by atoms with Gasteiger partial charge in [0.25, 0.3) is 0 Å². The highest BCUT2D eigenvalue weighted by Gasteiger charge is 2.64. The summed E-state index contributed by atoms with van der Waals surface area (Å²) < 4.78 is 6.42. The largest absolute Gasteiger partial charge is 0.361 e. The summed E-state index contributed by atoms with van der Waals surface area (Å²) in [6.07, 6.45) is 3.42. The molecule has 28 heavy (non-hydrogen) atoms. The Bertz CT molecular complexity index is 1050. The monoisotopic (exact) mass is 373 g/mol. The number of aromatic amines is 1. The minimum absolute atomic E-state index is 0.0329. The molecule has 1 aromatic heterocycles. The number of fused-ring (bicyclic) bond motifs is 1. The Hall–Kier alpha value is -2.63. The van der Waals surface area contributed by atoms with Gasteiger partial charge >= 0.3 is 0 Å². The van der Waals surface area contributed by atoms with Crippen molar-refractivity contribution in [3.05, 3.63) is 71.9 Å². The van der Waals surface area contributed by atoms with E-state index in [1.807, 2.05) is 24.4 Å². The second-order valence-electron chi connectivity index (χ2n) is 8.15. The maximum absolute atomic E-state index is 13.0. The lowest BCUT2D eigenvalue weighted by Crippen LogP contribution is -2.48. The molecule has 3 saturated heterocycles. The first-order valence-corrected chi connectivity index (χ1v) is 10.1. The van der Waals surface area contributed by atoms with E-state index in [0.29, 0.717) is 13.0 Å². The van der Waals surface area contributed by atoms with Gasteiger partial charge in [0.05, 0.1) is 18.7 Å². The van der Waals surface area contributed by atoms with Crippen molar-refractivity contribution in [3.8, 4) is 0 Å². The van der Waals surface area contributed by atoms with Crippen molar-refractivity contribution >= 4 is 16.8 Å². The quantitative estimate of drug-likeness (QED) is 0.765. The van der Waals surface area contributed by atoms with Gasteiger partial charge in [0, 0.05) is 37.6 Å². The highest BCUT2D eigenvalue weighted by molar-refractivity contribution is 5.83. The van der Waals surface area contributed by atoms with Gasteiger partial charge in [-0.15, -0.1) is 0 Å². The van der Waals surface area contributed by atoms with Crippen molar-refractivity contribution in [1.29, 1.82) is 0 Å². The van der Waals surface area contributed by atoms with E-state index >= 15 is 0 Å². The Morgan fingerprint density at radius 1 is 1.11 bits per heavy atom. The van der Waals surface area contributed by atoms with Gasteiger partial charge in [0.15, 0.2) is 5.72 Å². The summed E-state index contributed by atoms with van der Waals surface area (Å²) in [7, 11) is 0. The molecule has 3 aliphatic heterocycles. The smallest absolute Gasteiger partial charge is 0.227 e. The lowest BCUT2D eigenvalue weighted by atomic mass is 10.0. The first-order valence-electron chi connectivity index (χ1n) is 10.1. The van der Waals surface area contributed by atoms with Gasteiger partial charge in [-0.1, -0.05) is 48.5 Å². The predicted octanol–water partition coefficient (Wildman–Crippen LogP) is 3.44. The molecule has 3 aliphatic rings. The number of aromatic nitrogens is 1. The van der Waals surface area contributed by atoms with Crippen LogP contribution < -0.4 is 0 Å². The minimum atomic E-state index is -0.457. The SMILES string of the molecule is O=C1C[C@H]2N(Cc3cccc4cc[nH]c34)CC[C@]23OC[C@@H](c2ccccc2)N13. The van der Waals surface area contributed by atoms with Gasteiger partial charge in [0.1, 0.15) is 0 Å². The zero-order chi connectivity index (χ0) is 18.7. The van der Waals surface area contributed by atoms with Crippen LogP contribution in [0.5, 0.6) is 0 Å². The molecule has 1 amide bonds. The Labute approximate surface area is 163 Å². The normalized spacial score (nSPS) is 29.6. The molecule has 5 nitrogen and oxygen atoms in total. The Balaban J connectivity index is 1.31. The van der Waals surface area contributed by atoms with Crippen LogP contribution in [0.1, 0.15) is 30.0 Å². The number of ether oxygens (including phenoxy) is 1. The number of carbonyl (C=O) groups excluding carboxylic acids is 1. The lowest BCUT2D eigenvalue weighted by Gasteiger charge is -2.33. The fourth-order valence-electron chi connectivity index (χ4n) is 5.54. The van der Waals surface area contributed by atoms with Gasteiger partial charge in [-0.25, -0.2) is 0 Å². The third-order valence-electron chi connectivity index (χ3n) is 6.80. The van der Waals surface area contributed by atoms with Gasteiger partial charge in [-0.2, -0.15) is 0 Å². The van der Waals surface area contributed by atoms with Gasteiger partial charge < -0.3 is 14.6 Å². The highest BCUT2D eigenvalue weighted by Crippen LogP contribution is 2.51. The van der Waals surface area contributed by atoms with E-state index in [2.05, 4.69) is 51.2 Å². The first kappa shape index (κ1) is 16.3. The number of benzene rings is 2. The van der Waals surface area contributed by atoms with Gasteiger partial charge in [0.2, 0.25) is 5.91 Å². The maximum Gasteiger partial charge on any atom is 0.227 e. The van der Waals surface area contributed by atoms with Crippen molar-refractivity contribution in [1.82, 2.24) is 14.8 Å². The van der Waals surface area contributed by atoms with E-state index in [0.717, 1.165) is 19.5 Å². The molecule has 3 aromatic rings. The third-order valence-corrected chi connectivity index (χ3v) is 6.80. The first-order chi connectivity index (χ1) is 13.8. The number of para-hydroxylation sites is 1. The van der Waals surface area contributed by atoms with Crippen LogP contribution in [-0.2, 0) is 16.1 Å². The van der Waals surface area contributed by atoms with Crippen molar-refractivity contribution in [3.63, 3.8) is 0 Å². The van der Waals surface area contributed by atoms with Crippen molar-refractivity contribution in [2.75, 3.05) is 13.2 Å². The van der Waals surface area contributed by atoms with Crippen LogP contribution in [0.4, 0.5) is 0 Å². The zero-order valence-corrected chi connectivity index (χ0v) is 15.7. The molecule has 0 saturated carbocycles. The predicted molar refractivity (Wildman–Crippen MR) is 106 cm³/mol. The fraction of sp³-hybridized carbons (Fsp3) is 0.348. The summed E-state index contributed by atoms with van der Waals surface area (Å²) >= 11 is 0. The van der Waals surface area contributed by atoms with Crippen LogP contribution in [0, 0.1) is 0 Å². The number of carbonyl (C=O) groups is 1. The van der Waals surface area contributed by atoms with E-state index < -0.39 is 5.72 Å². The number of rotatable bonds is 3. The molecule has 3 fully saturated rings. The molecule has 0 radical (unpaired) electrons. The zero-order valence-electron chi connectivity index (χ0n) is 15.7. The Morgan fingerprint density at radius 3 is 2.89 bits per heavy atom. The standard InChI is InChI=1S/C23H23N3O2/c27-21-13-20-23(26(21)19(15-28-23)16-5-2-1-3-6-16)10-12-25(20)14-18-8-4-7-17-9-11-24-22(17)18/h1-9,11,19-20,24H,10,12-15H2/t19-,20+,23-/m0/s1. The molecule has 0 unspecified atom stereocenters. The number of hydrogen-bond acceptors (Lipinski definition) is 3. The number of likely N-dealkylation sites (tertiary alicyclic amines) is 1. The lowest BCUT2D eigenvalue weighted by molar-refractivity contribution is -0.138. The molecule has 142 valence electrons. The van der Waals surface area contributed by atoms with Crippen LogP contribution in [0.25, 0.3) is 10.9 Å². The van der Waals surface area contributed by atoms with Gasteiger partial charge in [-0.05, 0) is 22.6 Å². The summed E-state index contributed by atoms with van der Waals surface area (Å²) in [5.41, 5.74) is 3.19. The molecule has 2 aromatic carbocycles. The number of amides is 1. The van der Waals surface area contributed by atoms with Gasteiger partial charge in [-0.3, -0.25) is 9.69 Å². The minimum Gasteiger partial charge on any atom is -0.361 e. The second-order valence-corrected chi connectivity index (χ2v) is 8.15. The number of hydrogen-bond donors (Lipinski definition) is 1. The molecule has 1 spiro atoms. The van der Waals surface area contributed by atoms with E-state index in [1.54, 1.807) is 0 Å². The Morgan fingerprint density at radius 2 is 2.00 bits per heavy atom. The summed E-state index contributed by atoms with van der Waals surface area (Å²) in [6.45, 7) is 2.38. The molecular formula is C23H23N3O2. The molecule has 6 rings (SSSR count). The van der Waals surface area contributed by atoms with E-state index in [1.165, 1.54) is 22.0 Å². The van der Waals surface area contributed by atoms with E-state index in [4.69, 9.17) is 4.74 Å². The third kappa shape index (κ3) is 2.17. The van der Waals surface area contributed by atoms with Crippen LogP contribution in [0.15, 0.2) is 60.8 Å². The number of H-pyrrole nitrogens is 1. The van der Waals surface area contributed by atoms with Crippen molar-refractivity contribution < 1.29 is 9.53 Å². The van der Waals surface area contributed by atoms with Crippen LogP contribution in [-0.4, -0.2) is 45.6 Å². The average Bonchev–Trinajstić information content (AvgIpc) is 3.46. The molecule has 4 heterocycles. The summed E-state index contributed by atoms with van der Waals surface area (Å²) in [4.78, 5) is 20.9. The average molecular weight is 373 g/mol. The number of nitrogens with one attached hydrogen (secondary N) is 1. The molecule has 3 atom stereocenters. The van der Waals surface area contributed by atoms with E-state index in [-0.39, 0.29) is 18.0 Å². The summed E-state index contributed by atoms with van der Waals surface area (Å²) in [5.74, 6) is 0.221. The highest BCUT2D eigenvalue weighted by atomic mass is 16.5. The van der Waals surface area contributed by atoms with Crippen LogP contribution in [0.2, 0.25) is 0 Å². The van der Waals surface area contributed by atoms with Crippen LogP contribution >= 0.6 is 0 Å². The van der Waals surface area contributed by atoms with Crippen molar-refractivity contribution in [2.24, 2.45) is 0 Å². The summed E-state index contributed by atoms with van der Waals surface area (Å²) in [5, 5.41) is 1.23. The Kier molecular flexibility index (Phi) is 3.46. The number of nitrogens with zero attached hydrogens (tertiary/aromatic N) is 2. The topological polar surface area (TPSA) is 48.6 Å². The second kappa shape index (κ2) is 5.93. The molecule has 0 bridgehead atoms. The van der Waals surface area contributed by atoms with Crippen molar-refractivity contribution in [2.45, 2.75) is 37.2 Å². The fourth-order valence-corrected chi connectivity index (χ4v) is 5.54. The summed E-state index contributed by atoms with van der Waals surface area (Å²) in [6, 6.07) is 19.0. The maximum atomic E-state index is 13.0. The molecule has 5 heteroatoms.